The Labute approximate surface area is 63.1 Å². The highest BCUT2D eigenvalue weighted by Gasteiger charge is 1.91. The van der Waals surface area contributed by atoms with Crippen molar-refractivity contribution in [1.29, 1.82) is 0 Å². The van der Waals surface area contributed by atoms with Gasteiger partial charge < -0.3 is 0 Å². The Bertz CT molecular complexity index is 114. The normalized spacial score (nSPS) is 11.6. The zero-order valence-electron chi connectivity index (χ0n) is 6.89. The van der Waals surface area contributed by atoms with E-state index in [2.05, 4.69) is 13.8 Å². The van der Waals surface area contributed by atoms with E-state index in [1.54, 1.807) is 0 Å². The van der Waals surface area contributed by atoms with E-state index < -0.39 is 0 Å². The van der Waals surface area contributed by atoms with Gasteiger partial charge in [-0.25, -0.2) is 0 Å². The van der Waals surface area contributed by atoms with Crippen LogP contribution in [0.3, 0.4) is 0 Å². The molecular formula is C9H16O. The molecular weight excluding hydrogens is 124 g/mol. The highest BCUT2D eigenvalue weighted by Crippen LogP contribution is 2.04. The number of hydrogen-bond donors (Lipinski definition) is 0. The number of rotatable bonds is 5. The minimum Gasteiger partial charge on any atom is -0.298 e. The first-order valence-corrected chi connectivity index (χ1v) is 3.99. The zero-order valence-corrected chi connectivity index (χ0v) is 6.89. The van der Waals surface area contributed by atoms with Crippen molar-refractivity contribution in [3.8, 4) is 0 Å². The van der Waals surface area contributed by atoms with E-state index in [1.807, 2.05) is 6.08 Å². The first-order valence-electron chi connectivity index (χ1n) is 3.99. The lowest BCUT2D eigenvalue weighted by molar-refractivity contribution is -0.105. The standard InChI is InChI=1S/C9H16O/c1-3-5-7-9(8-10)6-4-2/h6,8H,3-5,7H2,1-2H3. The minimum absolute atomic E-state index is 0.952. The van der Waals surface area contributed by atoms with Crippen LogP contribution < -0.4 is 0 Å². The second-order valence-corrected chi connectivity index (χ2v) is 2.41. The third kappa shape index (κ3) is 4.30. The second-order valence-electron chi connectivity index (χ2n) is 2.41. The number of carbonyl (C=O) groups excluding carboxylic acids is 1. The third-order valence-corrected chi connectivity index (χ3v) is 1.44. The molecule has 0 aliphatic heterocycles. The Morgan fingerprint density at radius 2 is 2.10 bits per heavy atom. The highest BCUT2D eigenvalue weighted by molar-refractivity contribution is 5.72. The summed E-state index contributed by atoms with van der Waals surface area (Å²) in [6, 6.07) is 0. The summed E-state index contributed by atoms with van der Waals surface area (Å²) in [7, 11) is 0. The van der Waals surface area contributed by atoms with Crippen LogP contribution in [0, 0.1) is 0 Å². The molecule has 10 heavy (non-hydrogen) atoms. The molecule has 0 aromatic rings. The summed E-state index contributed by atoms with van der Waals surface area (Å²) in [5.74, 6) is 0. The van der Waals surface area contributed by atoms with E-state index in [0.29, 0.717) is 0 Å². The van der Waals surface area contributed by atoms with Gasteiger partial charge in [0, 0.05) is 0 Å². The van der Waals surface area contributed by atoms with E-state index in [0.717, 1.165) is 37.5 Å². The quantitative estimate of drug-likeness (QED) is 0.424. The fourth-order valence-corrected chi connectivity index (χ4v) is 0.852. The van der Waals surface area contributed by atoms with Gasteiger partial charge in [-0.1, -0.05) is 26.3 Å². The maximum Gasteiger partial charge on any atom is 0.145 e. The van der Waals surface area contributed by atoms with E-state index in [1.165, 1.54) is 0 Å². The van der Waals surface area contributed by atoms with E-state index in [9.17, 15) is 4.79 Å². The van der Waals surface area contributed by atoms with Gasteiger partial charge in [0.05, 0.1) is 0 Å². The summed E-state index contributed by atoms with van der Waals surface area (Å²) in [6.07, 6.45) is 7.19. The van der Waals surface area contributed by atoms with Crippen molar-refractivity contribution in [2.45, 2.75) is 39.5 Å². The molecule has 0 atom stereocenters. The highest BCUT2D eigenvalue weighted by atomic mass is 16.1. The van der Waals surface area contributed by atoms with Gasteiger partial charge in [-0.2, -0.15) is 0 Å². The van der Waals surface area contributed by atoms with Gasteiger partial charge >= 0.3 is 0 Å². The number of aldehydes is 1. The SMILES string of the molecule is CCC=C(C=O)CCCC. The van der Waals surface area contributed by atoms with Crippen LogP contribution in [0.5, 0.6) is 0 Å². The fraction of sp³-hybridized carbons (Fsp3) is 0.667. The zero-order chi connectivity index (χ0) is 7.82. The largest absolute Gasteiger partial charge is 0.298 e. The number of hydrogen-bond acceptors (Lipinski definition) is 1. The smallest absolute Gasteiger partial charge is 0.145 e. The van der Waals surface area contributed by atoms with Crippen LogP contribution >= 0.6 is 0 Å². The lowest BCUT2D eigenvalue weighted by Crippen LogP contribution is -1.84. The number of carbonyl (C=O) groups is 1. The summed E-state index contributed by atoms with van der Waals surface area (Å²) < 4.78 is 0. The van der Waals surface area contributed by atoms with Crippen LogP contribution in [-0.4, -0.2) is 6.29 Å². The summed E-state index contributed by atoms with van der Waals surface area (Å²) in [6.45, 7) is 4.18. The second kappa shape index (κ2) is 6.53. The van der Waals surface area contributed by atoms with Crippen LogP contribution in [0.2, 0.25) is 0 Å². The van der Waals surface area contributed by atoms with E-state index >= 15 is 0 Å². The van der Waals surface area contributed by atoms with Gasteiger partial charge in [0.2, 0.25) is 0 Å². The predicted molar refractivity (Wildman–Crippen MR) is 44.0 cm³/mol. The van der Waals surface area contributed by atoms with Crippen LogP contribution in [-0.2, 0) is 4.79 Å². The minimum atomic E-state index is 0.952. The monoisotopic (exact) mass is 140 g/mol. The Balaban J connectivity index is 3.60. The van der Waals surface area contributed by atoms with Crippen molar-refractivity contribution < 1.29 is 4.79 Å². The Morgan fingerprint density at radius 3 is 2.50 bits per heavy atom. The molecule has 0 spiro atoms. The lowest BCUT2D eigenvalue weighted by atomic mass is 10.1. The summed E-state index contributed by atoms with van der Waals surface area (Å²) in [5.41, 5.74) is 0.962. The maximum absolute atomic E-state index is 10.3. The third-order valence-electron chi connectivity index (χ3n) is 1.44. The summed E-state index contributed by atoms with van der Waals surface area (Å²) >= 11 is 0. The molecule has 0 bridgehead atoms. The Hall–Kier alpha value is -0.590. The first-order chi connectivity index (χ1) is 4.85. The molecule has 0 radical (unpaired) electrons. The van der Waals surface area contributed by atoms with Crippen molar-refractivity contribution in [3.63, 3.8) is 0 Å². The summed E-state index contributed by atoms with van der Waals surface area (Å²) in [5, 5.41) is 0. The number of unbranched alkanes of at least 4 members (excludes halogenated alkanes) is 1. The molecule has 0 saturated heterocycles. The van der Waals surface area contributed by atoms with Gasteiger partial charge in [-0.05, 0) is 24.8 Å². The van der Waals surface area contributed by atoms with Crippen molar-refractivity contribution in [2.75, 3.05) is 0 Å². The van der Waals surface area contributed by atoms with Crippen molar-refractivity contribution in [3.05, 3.63) is 11.6 Å². The molecule has 0 N–H and O–H groups in total. The fourth-order valence-electron chi connectivity index (χ4n) is 0.852. The maximum atomic E-state index is 10.3. The molecule has 0 rings (SSSR count). The average Bonchev–Trinajstić information content (AvgIpc) is 1.98. The van der Waals surface area contributed by atoms with Crippen LogP contribution in [0.4, 0.5) is 0 Å². The van der Waals surface area contributed by atoms with Gasteiger partial charge in [-0.3, -0.25) is 4.79 Å². The molecule has 0 amide bonds. The molecule has 0 heterocycles. The van der Waals surface area contributed by atoms with Crippen molar-refractivity contribution in [2.24, 2.45) is 0 Å². The average molecular weight is 140 g/mol. The predicted octanol–water partition coefficient (Wildman–Crippen LogP) is 2.71. The van der Waals surface area contributed by atoms with Gasteiger partial charge in [0.25, 0.3) is 0 Å². The van der Waals surface area contributed by atoms with E-state index in [-0.39, 0.29) is 0 Å². The van der Waals surface area contributed by atoms with Crippen molar-refractivity contribution in [1.82, 2.24) is 0 Å². The molecule has 0 unspecified atom stereocenters. The molecule has 0 saturated carbocycles. The molecule has 0 aliphatic carbocycles. The molecule has 0 fully saturated rings. The van der Waals surface area contributed by atoms with Crippen LogP contribution in [0.15, 0.2) is 11.6 Å². The molecule has 0 aromatic heterocycles. The van der Waals surface area contributed by atoms with E-state index in [4.69, 9.17) is 0 Å². The topological polar surface area (TPSA) is 17.1 Å². The molecule has 1 heteroatoms. The van der Waals surface area contributed by atoms with Gasteiger partial charge in [0.1, 0.15) is 6.29 Å². The Kier molecular flexibility index (Phi) is 6.14. The lowest BCUT2D eigenvalue weighted by Gasteiger charge is -1.95. The Morgan fingerprint density at radius 1 is 1.40 bits per heavy atom. The molecule has 58 valence electrons. The molecule has 0 aliphatic rings. The molecule has 0 aromatic carbocycles. The summed E-state index contributed by atoms with van der Waals surface area (Å²) in [4.78, 5) is 10.3. The van der Waals surface area contributed by atoms with Gasteiger partial charge in [-0.15, -0.1) is 0 Å². The molecule has 1 nitrogen and oxygen atoms in total. The van der Waals surface area contributed by atoms with Crippen molar-refractivity contribution >= 4 is 6.29 Å². The first kappa shape index (κ1) is 9.41. The van der Waals surface area contributed by atoms with Crippen LogP contribution in [0.25, 0.3) is 0 Å². The van der Waals surface area contributed by atoms with Crippen LogP contribution in [0.1, 0.15) is 39.5 Å². The number of allylic oxidation sites excluding steroid dienone is 2. The van der Waals surface area contributed by atoms with Gasteiger partial charge in [0.15, 0.2) is 0 Å².